The summed E-state index contributed by atoms with van der Waals surface area (Å²) in [6.45, 7) is 5.46. The smallest absolute Gasteiger partial charge is 0.424 e. The van der Waals surface area contributed by atoms with Crippen LogP contribution in [0.1, 0.15) is 25.8 Å². The minimum atomic E-state index is -4.11. The minimum Gasteiger partial charge on any atom is -0.452 e. The maximum Gasteiger partial charge on any atom is 0.424 e. The first-order chi connectivity index (χ1) is 14.1. The van der Waals surface area contributed by atoms with Crippen LogP contribution in [0.4, 0.5) is 14.9 Å². The molecule has 0 aromatic heterocycles. The molecule has 0 aliphatic carbocycles. The van der Waals surface area contributed by atoms with Gasteiger partial charge >= 0.3 is 16.3 Å². The molecule has 2 saturated heterocycles. The third-order valence-corrected chi connectivity index (χ3v) is 7.62. The topological polar surface area (TPSA) is 90.5 Å². The average molecular weight is 443 g/mol. The Morgan fingerprint density at radius 3 is 2.40 bits per heavy atom. The summed E-state index contributed by atoms with van der Waals surface area (Å²) in [6, 6.07) is 4.33. The monoisotopic (exact) mass is 442 g/mol. The number of benzene rings is 1. The van der Waals surface area contributed by atoms with E-state index in [1.807, 2.05) is 4.90 Å². The molecule has 1 atom stereocenters. The van der Waals surface area contributed by atoms with E-state index in [9.17, 15) is 22.4 Å². The Hall–Kier alpha value is -2.40. The molecule has 0 saturated carbocycles. The number of anilines is 1. The number of carbonyl (C=O) groups excluding carboxylic acids is 2. The zero-order valence-corrected chi connectivity index (χ0v) is 18.2. The van der Waals surface area contributed by atoms with Crippen molar-refractivity contribution in [2.75, 3.05) is 44.7 Å². The Morgan fingerprint density at radius 2 is 1.83 bits per heavy atom. The first-order valence-electron chi connectivity index (χ1n) is 9.81. The second-order valence-electron chi connectivity index (χ2n) is 7.50. The van der Waals surface area contributed by atoms with Crippen LogP contribution in [0.3, 0.4) is 0 Å². The summed E-state index contributed by atoms with van der Waals surface area (Å²) in [5.74, 6) is -0.492. The predicted octanol–water partition coefficient (Wildman–Crippen LogP) is 1.40. The molecule has 166 valence electrons. The van der Waals surface area contributed by atoms with E-state index in [1.54, 1.807) is 24.0 Å². The zero-order valence-electron chi connectivity index (χ0n) is 17.4. The highest BCUT2D eigenvalue weighted by molar-refractivity contribution is 7.87. The summed E-state index contributed by atoms with van der Waals surface area (Å²) in [5.41, 5.74) is 0.911. The molecule has 0 unspecified atom stereocenters. The molecular formula is C19H27FN4O5S. The van der Waals surface area contributed by atoms with Gasteiger partial charge in [0.2, 0.25) is 5.91 Å². The fourth-order valence-corrected chi connectivity index (χ4v) is 5.47. The van der Waals surface area contributed by atoms with Crippen LogP contribution >= 0.6 is 0 Å². The van der Waals surface area contributed by atoms with E-state index in [1.165, 1.54) is 13.0 Å². The highest BCUT2D eigenvalue weighted by atomic mass is 32.2. The molecular weight excluding hydrogens is 415 g/mol. The van der Waals surface area contributed by atoms with Crippen LogP contribution in [0.2, 0.25) is 0 Å². The third-order valence-electron chi connectivity index (χ3n) is 5.65. The molecule has 2 amide bonds. The van der Waals surface area contributed by atoms with Gasteiger partial charge in [0.05, 0.1) is 7.11 Å². The molecule has 30 heavy (non-hydrogen) atoms. The van der Waals surface area contributed by atoms with Crippen molar-refractivity contribution in [1.82, 2.24) is 13.5 Å². The van der Waals surface area contributed by atoms with Gasteiger partial charge in [-0.25, -0.2) is 9.18 Å². The van der Waals surface area contributed by atoms with E-state index in [0.717, 1.165) is 11.4 Å². The van der Waals surface area contributed by atoms with E-state index < -0.39 is 22.1 Å². The summed E-state index contributed by atoms with van der Waals surface area (Å²) in [6.07, 6.45) is -0.526. The molecule has 1 aromatic carbocycles. The van der Waals surface area contributed by atoms with Crippen molar-refractivity contribution >= 4 is 27.9 Å². The van der Waals surface area contributed by atoms with Gasteiger partial charge in [0.15, 0.2) is 0 Å². The van der Waals surface area contributed by atoms with E-state index >= 15 is 0 Å². The number of piperazine rings is 1. The van der Waals surface area contributed by atoms with Gasteiger partial charge in [0, 0.05) is 63.5 Å². The Morgan fingerprint density at radius 1 is 1.17 bits per heavy atom. The summed E-state index contributed by atoms with van der Waals surface area (Å²) in [7, 11) is -2.99. The highest BCUT2D eigenvalue weighted by Gasteiger charge is 2.41. The van der Waals surface area contributed by atoms with E-state index in [4.69, 9.17) is 0 Å². The molecule has 3 rings (SSSR count). The van der Waals surface area contributed by atoms with E-state index in [-0.39, 0.29) is 30.6 Å². The van der Waals surface area contributed by atoms with Crippen LogP contribution in [-0.2, 0) is 26.3 Å². The molecule has 2 heterocycles. The SMILES string of the molecule is COC(=O)N1CC[C@@H](C)N(Cc2ccc(N3CCN(C(C)=O)CC3)cc2F)S1(=O)=O. The first-order valence-corrected chi connectivity index (χ1v) is 11.2. The van der Waals surface area contributed by atoms with Crippen LogP contribution in [0.25, 0.3) is 0 Å². The number of carbonyl (C=O) groups is 2. The van der Waals surface area contributed by atoms with Crippen molar-refractivity contribution in [3.63, 3.8) is 0 Å². The Bertz CT molecular complexity index is 917. The van der Waals surface area contributed by atoms with Crippen LogP contribution in [0, 0.1) is 5.82 Å². The van der Waals surface area contributed by atoms with Gasteiger partial charge in [-0.15, -0.1) is 0 Å². The van der Waals surface area contributed by atoms with Gasteiger partial charge in [0.25, 0.3) is 0 Å². The van der Waals surface area contributed by atoms with Crippen molar-refractivity contribution < 1.29 is 27.1 Å². The number of amides is 2. The number of halogens is 1. The molecule has 9 nitrogen and oxygen atoms in total. The lowest BCUT2D eigenvalue weighted by Crippen LogP contribution is -2.55. The molecule has 1 aromatic rings. The second-order valence-corrected chi connectivity index (χ2v) is 9.31. The molecule has 0 bridgehead atoms. The number of nitrogens with zero attached hydrogens (tertiary/aromatic N) is 4. The van der Waals surface area contributed by atoms with Crippen molar-refractivity contribution in [3.05, 3.63) is 29.6 Å². The fourth-order valence-electron chi connectivity index (χ4n) is 3.75. The largest absolute Gasteiger partial charge is 0.452 e. The Balaban J connectivity index is 1.75. The van der Waals surface area contributed by atoms with Gasteiger partial charge in [-0.2, -0.15) is 17.0 Å². The minimum absolute atomic E-state index is 0.0223. The summed E-state index contributed by atoms with van der Waals surface area (Å²) >= 11 is 0. The van der Waals surface area contributed by atoms with Crippen molar-refractivity contribution in [3.8, 4) is 0 Å². The van der Waals surface area contributed by atoms with Crippen LogP contribution < -0.4 is 4.90 Å². The first kappa shape index (κ1) is 22.3. The number of hydrogen-bond acceptors (Lipinski definition) is 6. The lowest BCUT2D eigenvalue weighted by molar-refractivity contribution is -0.129. The maximum atomic E-state index is 14.8. The van der Waals surface area contributed by atoms with Gasteiger partial charge in [0.1, 0.15) is 5.82 Å². The molecule has 0 spiro atoms. The van der Waals surface area contributed by atoms with Gasteiger partial charge in [-0.1, -0.05) is 6.07 Å². The van der Waals surface area contributed by atoms with Crippen molar-refractivity contribution in [2.24, 2.45) is 0 Å². The lowest BCUT2D eigenvalue weighted by atomic mass is 10.1. The Kier molecular flexibility index (Phi) is 6.51. The standard InChI is InChI=1S/C19H27FN4O5S/c1-14-6-7-23(19(26)29-3)30(27,28)24(14)13-16-4-5-17(12-18(16)20)22-10-8-21(9-11-22)15(2)25/h4-5,12,14H,6-11,13H2,1-3H3/t14-/m1/s1. The fraction of sp³-hybridized carbons (Fsp3) is 0.579. The molecule has 2 aliphatic rings. The lowest BCUT2D eigenvalue weighted by Gasteiger charge is -2.38. The molecule has 0 N–H and O–H groups in total. The van der Waals surface area contributed by atoms with E-state index in [2.05, 4.69) is 4.74 Å². The van der Waals surface area contributed by atoms with Gasteiger partial charge in [-0.3, -0.25) is 4.79 Å². The number of rotatable bonds is 3. The average Bonchev–Trinajstić information content (AvgIpc) is 2.71. The zero-order chi connectivity index (χ0) is 22.1. The van der Waals surface area contributed by atoms with Crippen LogP contribution in [0.5, 0.6) is 0 Å². The Labute approximate surface area is 176 Å². The quantitative estimate of drug-likeness (QED) is 0.703. The van der Waals surface area contributed by atoms with Crippen LogP contribution in [-0.4, -0.2) is 79.8 Å². The van der Waals surface area contributed by atoms with Crippen molar-refractivity contribution in [2.45, 2.75) is 32.9 Å². The van der Waals surface area contributed by atoms with Gasteiger partial charge in [-0.05, 0) is 25.5 Å². The highest BCUT2D eigenvalue weighted by Crippen LogP contribution is 2.27. The second kappa shape index (κ2) is 8.76. The molecule has 2 aliphatic heterocycles. The molecule has 11 heteroatoms. The third kappa shape index (κ3) is 4.36. The number of ether oxygens (including phenoxy) is 1. The summed E-state index contributed by atoms with van der Waals surface area (Å²) < 4.78 is 46.9. The summed E-state index contributed by atoms with van der Waals surface area (Å²) in [4.78, 5) is 27.0. The maximum absolute atomic E-state index is 14.8. The van der Waals surface area contributed by atoms with Crippen LogP contribution in [0.15, 0.2) is 18.2 Å². The van der Waals surface area contributed by atoms with Gasteiger partial charge < -0.3 is 14.5 Å². The summed E-state index contributed by atoms with van der Waals surface area (Å²) in [5, 5.41) is 0. The van der Waals surface area contributed by atoms with Crippen molar-refractivity contribution in [1.29, 1.82) is 0 Å². The number of hydrogen-bond donors (Lipinski definition) is 0. The van der Waals surface area contributed by atoms with E-state index in [0.29, 0.717) is 42.6 Å². The number of methoxy groups -OCH3 is 1. The molecule has 0 radical (unpaired) electrons. The predicted molar refractivity (Wildman–Crippen MR) is 109 cm³/mol. The molecule has 2 fully saturated rings. The normalized spacial score (nSPS) is 22.1.